The van der Waals surface area contributed by atoms with Crippen LogP contribution in [0.3, 0.4) is 0 Å². The summed E-state index contributed by atoms with van der Waals surface area (Å²) in [5.41, 5.74) is 4.89. The fourth-order valence-corrected chi connectivity index (χ4v) is 3.29. The third kappa shape index (κ3) is 3.03. The number of esters is 1. The van der Waals surface area contributed by atoms with E-state index in [0.717, 1.165) is 11.1 Å². The number of carbonyl (C=O) groups excluding carboxylic acids is 1. The van der Waals surface area contributed by atoms with Crippen molar-refractivity contribution >= 4 is 17.1 Å². The number of nitrogens with zero attached hydrogens (tertiary/aromatic N) is 2. The van der Waals surface area contributed by atoms with E-state index in [1.54, 1.807) is 25.1 Å². The molecule has 2 aromatic heterocycles. The molecule has 0 aliphatic heterocycles. The number of aromatic amines is 1. The quantitative estimate of drug-likeness (QED) is 0.514. The van der Waals surface area contributed by atoms with Crippen LogP contribution in [0.25, 0.3) is 33.5 Å². The number of H-pyrrole nitrogens is 1. The van der Waals surface area contributed by atoms with E-state index in [0.29, 0.717) is 33.5 Å². The van der Waals surface area contributed by atoms with Crippen molar-refractivity contribution in [3.05, 3.63) is 71.8 Å². The Kier molecular flexibility index (Phi) is 4.61. The number of halogens is 1. The zero-order valence-electron chi connectivity index (χ0n) is 15.5. The SMILES string of the molecule is CCOC(=O)c1c(C)c(-c2ccc(-c3ccccc3F)cc2)nc2nc[nH]c12. The van der Waals surface area contributed by atoms with Crippen molar-refractivity contribution < 1.29 is 13.9 Å². The standard InChI is InChI=1S/C22H18FN3O2/c1-3-28-22(27)18-13(2)19(26-21-20(18)24-12-25-21)15-10-8-14(9-11-15)16-6-4-5-7-17(16)23/h4-12H,3H2,1-2H3,(H,24,25,26). The fourth-order valence-electron chi connectivity index (χ4n) is 3.29. The Morgan fingerprint density at radius 2 is 1.82 bits per heavy atom. The van der Waals surface area contributed by atoms with E-state index in [2.05, 4.69) is 15.0 Å². The first-order chi connectivity index (χ1) is 13.6. The number of hydrogen-bond acceptors (Lipinski definition) is 4. The normalized spacial score (nSPS) is 11.0. The number of ether oxygens (including phenoxy) is 1. The van der Waals surface area contributed by atoms with Gasteiger partial charge >= 0.3 is 5.97 Å². The number of rotatable bonds is 4. The zero-order valence-corrected chi connectivity index (χ0v) is 15.5. The van der Waals surface area contributed by atoms with Crippen LogP contribution in [0.1, 0.15) is 22.8 Å². The maximum absolute atomic E-state index is 14.0. The van der Waals surface area contributed by atoms with Gasteiger partial charge in [0.15, 0.2) is 5.65 Å². The lowest BCUT2D eigenvalue weighted by molar-refractivity contribution is 0.0527. The Hall–Kier alpha value is -3.54. The summed E-state index contributed by atoms with van der Waals surface area (Å²) in [6, 6.07) is 14.1. The summed E-state index contributed by atoms with van der Waals surface area (Å²) in [4.78, 5) is 24.3. The topological polar surface area (TPSA) is 67.9 Å². The number of hydrogen-bond donors (Lipinski definition) is 1. The molecule has 0 bridgehead atoms. The average molecular weight is 375 g/mol. The van der Waals surface area contributed by atoms with E-state index in [1.165, 1.54) is 12.4 Å². The van der Waals surface area contributed by atoms with Gasteiger partial charge in [0.2, 0.25) is 0 Å². The summed E-state index contributed by atoms with van der Waals surface area (Å²) < 4.78 is 19.3. The number of imidazole rings is 1. The van der Waals surface area contributed by atoms with E-state index in [1.807, 2.05) is 31.2 Å². The van der Waals surface area contributed by atoms with Gasteiger partial charge in [-0.3, -0.25) is 0 Å². The maximum Gasteiger partial charge on any atom is 0.340 e. The highest BCUT2D eigenvalue weighted by atomic mass is 19.1. The van der Waals surface area contributed by atoms with Crippen molar-refractivity contribution in [1.29, 1.82) is 0 Å². The minimum Gasteiger partial charge on any atom is -0.462 e. The first kappa shape index (κ1) is 17.9. The third-order valence-corrected chi connectivity index (χ3v) is 4.64. The van der Waals surface area contributed by atoms with E-state index in [4.69, 9.17) is 4.74 Å². The maximum atomic E-state index is 14.0. The van der Waals surface area contributed by atoms with Crippen molar-refractivity contribution in [2.75, 3.05) is 6.61 Å². The number of nitrogens with one attached hydrogen (secondary N) is 1. The highest BCUT2D eigenvalue weighted by Gasteiger charge is 2.21. The van der Waals surface area contributed by atoms with Gasteiger partial charge in [-0.15, -0.1) is 0 Å². The second kappa shape index (κ2) is 7.23. The first-order valence-electron chi connectivity index (χ1n) is 8.96. The predicted octanol–water partition coefficient (Wildman–Crippen LogP) is 4.92. The van der Waals surface area contributed by atoms with Gasteiger partial charge in [-0.1, -0.05) is 42.5 Å². The molecule has 0 fully saturated rings. The second-order valence-electron chi connectivity index (χ2n) is 6.34. The molecule has 0 saturated heterocycles. The van der Waals surface area contributed by atoms with Gasteiger partial charge in [0.05, 0.1) is 29.7 Å². The Morgan fingerprint density at radius 1 is 1.11 bits per heavy atom. The molecule has 0 aliphatic carbocycles. The molecule has 4 rings (SSSR count). The number of aromatic nitrogens is 3. The van der Waals surface area contributed by atoms with Crippen molar-refractivity contribution in [3.8, 4) is 22.4 Å². The minimum absolute atomic E-state index is 0.271. The summed E-state index contributed by atoms with van der Waals surface area (Å²) in [6.07, 6.45) is 1.50. The van der Waals surface area contributed by atoms with Crippen molar-refractivity contribution in [2.24, 2.45) is 0 Å². The largest absolute Gasteiger partial charge is 0.462 e. The lowest BCUT2D eigenvalue weighted by Crippen LogP contribution is -2.09. The first-order valence-corrected chi connectivity index (χ1v) is 8.96. The van der Waals surface area contributed by atoms with Gasteiger partial charge in [-0.2, -0.15) is 0 Å². The third-order valence-electron chi connectivity index (χ3n) is 4.64. The molecule has 6 heteroatoms. The van der Waals surface area contributed by atoms with Crippen molar-refractivity contribution in [2.45, 2.75) is 13.8 Å². The summed E-state index contributed by atoms with van der Waals surface area (Å²) in [6.45, 7) is 3.88. The van der Waals surface area contributed by atoms with E-state index >= 15 is 0 Å². The molecule has 2 aromatic carbocycles. The van der Waals surface area contributed by atoms with E-state index < -0.39 is 5.97 Å². The van der Waals surface area contributed by atoms with Crippen LogP contribution in [-0.2, 0) is 4.74 Å². The number of carbonyl (C=O) groups is 1. The van der Waals surface area contributed by atoms with Crippen LogP contribution in [0.5, 0.6) is 0 Å². The van der Waals surface area contributed by atoms with E-state index in [9.17, 15) is 9.18 Å². The van der Waals surface area contributed by atoms with Gasteiger partial charge in [0.25, 0.3) is 0 Å². The van der Waals surface area contributed by atoms with Crippen LogP contribution in [0, 0.1) is 12.7 Å². The lowest BCUT2D eigenvalue weighted by atomic mass is 9.98. The van der Waals surface area contributed by atoms with E-state index in [-0.39, 0.29) is 12.4 Å². The fraction of sp³-hybridized carbons (Fsp3) is 0.136. The highest BCUT2D eigenvalue weighted by Crippen LogP contribution is 2.31. The summed E-state index contributed by atoms with van der Waals surface area (Å²) >= 11 is 0. The number of pyridine rings is 1. The van der Waals surface area contributed by atoms with Crippen LogP contribution >= 0.6 is 0 Å². The van der Waals surface area contributed by atoms with Crippen LogP contribution < -0.4 is 0 Å². The molecule has 4 aromatic rings. The second-order valence-corrected chi connectivity index (χ2v) is 6.34. The van der Waals surface area contributed by atoms with Gasteiger partial charge < -0.3 is 9.72 Å². The smallest absolute Gasteiger partial charge is 0.340 e. The molecule has 0 amide bonds. The van der Waals surface area contributed by atoms with Gasteiger partial charge in [-0.05, 0) is 31.0 Å². The molecule has 0 atom stereocenters. The number of benzene rings is 2. The summed E-state index contributed by atoms with van der Waals surface area (Å²) in [7, 11) is 0. The Balaban J connectivity index is 1.82. The zero-order chi connectivity index (χ0) is 19.7. The Morgan fingerprint density at radius 3 is 2.54 bits per heavy atom. The minimum atomic E-state index is -0.416. The van der Waals surface area contributed by atoms with Crippen LogP contribution in [-0.4, -0.2) is 27.5 Å². The average Bonchev–Trinajstić information content (AvgIpc) is 3.16. The molecular weight excluding hydrogens is 357 g/mol. The molecule has 0 aliphatic rings. The molecule has 0 radical (unpaired) electrons. The molecule has 5 nitrogen and oxygen atoms in total. The van der Waals surface area contributed by atoms with Crippen LogP contribution in [0.4, 0.5) is 4.39 Å². The molecule has 0 saturated carbocycles. The lowest BCUT2D eigenvalue weighted by Gasteiger charge is -2.12. The molecule has 2 heterocycles. The van der Waals surface area contributed by atoms with Gasteiger partial charge in [0.1, 0.15) is 5.82 Å². The molecular formula is C22H18FN3O2. The molecule has 1 N–H and O–H groups in total. The Labute approximate surface area is 161 Å². The monoisotopic (exact) mass is 375 g/mol. The van der Waals surface area contributed by atoms with Crippen molar-refractivity contribution in [3.63, 3.8) is 0 Å². The summed E-state index contributed by atoms with van der Waals surface area (Å²) in [5, 5.41) is 0. The van der Waals surface area contributed by atoms with Gasteiger partial charge in [0, 0.05) is 11.1 Å². The molecule has 0 spiro atoms. The molecule has 0 unspecified atom stereocenters. The molecule has 140 valence electrons. The molecule has 28 heavy (non-hydrogen) atoms. The predicted molar refractivity (Wildman–Crippen MR) is 105 cm³/mol. The number of fused-ring (bicyclic) bond motifs is 1. The van der Waals surface area contributed by atoms with Crippen LogP contribution in [0.2, 0.25) is 0 Å². The highest BCUT2D eigenvalue weighted by molar-refractivity contribution is 6.04. The van der Waals surface area contributed by atoms with Crippen molar-refractivity contribution in [1.82, 2.24) is 15.0 Å². The Bertz CT molecular complexity index is 1170. The summed E-state index contributed by atoms with van der Waals surface area (Å²) in [5.74, 6) is -0.687. The van der Waals surface area contributed by atoms with Gasteiger partial charge in [-0.25, -0.2) is 19.2 Å². The van der Waals surface area contributed by atoms with Crippen LogP contribution in [0.15, 0.2) is 54.9 Å².